The van der Waals surface area contributed by atoms with Gasteiger partial charge in [0.1, 0.15) is 18.5 Å². The average Bonchev–Trinajstić information content (AvgIpc) is 2.71. The maximum atomic E-state index is 12.2. The van der Waals surface area contributed by atoms with E-state index in [9.17, 15) is 13.5 Å². The summed E-state index contributed by atoms with van der Waals surface area (Å²) in [5, 5.41) is 16.8. The van der Waals surface area contributed by atoms with E-state index >= 15 is 0 Å². The van der Waals surface area contributed by atoms with E-state index in [1.165, 1.54) is 0 Å². The number of aliphatic hydroxyl groups excluding tert-OH is 1. The largest absolute Gasteiger partial charge is 0.491 e. The van der Waals surface area contributed by atoms with E-state index in [1.54, 1.807) is 4.31 Å². The van der Waals surface area contributed by atoms with Crippen molar-refractivity contribution in [1.29, 1.82) is 0 Å². The molecule has 0 radical (unpaired) electrons. The summed E-state index contributed by atoms with van der Waals surface area (Å²) in [6, 6.07) is 7.85. The molecule has 0 spiro atoms. The molecule has 1 aromatic carbocycles. The smallest absolute Gasteiger partial charge is 0.214 e. The summed E-state index contributed by atoms with van der Waals surface area (Å²) < 4.78 is 31.6. The lowest BCUT2D eigenvalue weighted by molar-refractivity contribution is 0.114. The molecule has 170 valence electrons. The number of sulfonamides is 1. The lowest BCUT2D eigenvalue weighted by Gasteiger charge is -2.32. The van der Waals surface area contributed by atoms with Gasteiger partial charge in [0.2, 0.25) is 10.0 Å². The number of nitrogens with zero attached hydrogens (tertiary/aromatic N) is 2. The first kappa shape index (κ1) is 24.4. The topological polar surface area (TPSA) is 103 Å². The van der Waals surface area contributed by atoms with Crippen LogP contribution in [0.4, 0.5) is 0 Å². The number of hydrogen-bond acceptors (Lipinski definition) is 5. The van der Waals surface area contributed by atoms with Crippen molar-refractivity contribution in [2.24, 2.45) is 4.99 Å². The average molecular weight is 441 g/mol. The highest BCUT2D eigenvalue weighted by atomic mass is 32.2. The fourth-order valence-electron chi connectivity index (χ4n) is 3.33. The number of nitrogens with one attached hydrogen (secondary N) is 2. The molecule has 0 aromatic heterocycles. The van der Waals surface area contributed by atoms with E-state index < -0.39 is 16.1 Å². The maximum absolute atomic E-state index is 12.2. The van der Waals surface area contributed by atoms with Gasteiger partial charge < -0.3 is 20.5 Å². The Morgan fingerprint density at radius 2 is 2.07 bits per heavy atom. The normalized spacial score (nSPS) is 17.5. The second-order valence-electron chi connectivity index (χ2n) is 7.63. The Kier molecular flexibility index (Phi) is 9.87. The molecule has 30 heavy (non-hydrogen) atoms. The predicted octanol–water partition coefficient (Wildman–Crippen LogP) is 1.49. The Labute approximate surface area is 180 Å². The molecule has 0 saturated carbocycles. The Morgan fingerprint density at radius 3 is 2.70 bits per heavy atom. The van der Waals surface area contributed by atoms with Crippen molar-refractivity contribution in [2.75, 3.05) is 38.5 Å². The van der Waals surface area contributed by atoms with Crippen molar-refractivity contribution < 1.29 is 18.3 Å². The molecule has 0 bridgehead atoms. The molecule has 8 nitrogen and oxygen atoms in total. The van der Waals surface area contributed by atoms with Gasteiger partial charge in [-0.15, -0.1) is 0 Å². The van der Waals surface area contributed by atoms with E-state index in [1.807, 2.05) is 45.0 Å². The van der Waals surface area contributed by atoms with Crippen LogP contribution in [0.5, 0.6) is 5.75 Å². The van der Waals surface area contributed by atoms with Gasteiger partial charge in [-0.2, -0.15) is 0 Å². The molecular formula is C21H36N4O4S. The standard InChI is InChI=1S/C21H36N4O4S/c1-4-13-30(27,28)25-11-9-18(10-12-25)24-21(22-5-2)23-15-19(26)16-29-20-8-6-7-17(3)14-20/h6-8,14,18-19,26H,4-5,9-13,15-16H2,1-3H3,(H2,22,23,24). The monoisotopic (exact) mass is 440 g/mol. The molecular weight excluding hydrogens is 404 g/mol. The number of aliphatic hydroxyl groups is 1. The summed E-state index contributed by atoms with van der Waals surface area (Å²) in [4.78, 5) is 4.47. The van der Waals surface area contributed by atoms with Gasteiger partial charge in [0.25, 0.3) is 0 Å². The zero-order chi connectivity index (χ0) is 22.0. The molecule has 1 aromatic rings. The fourth-order valence-corrected chi connectivity index (χ4v) is 4.87. The Bertz CT molecular complexity index is 777. The number of hydrogen-bond donors (Lipinski definition) is 3. The SMILES string of the molecule is CCCS(=O)(=O)N1CCC(NC(=NCC(O)COc2cccc(C)c2)NCC)CC1. The zero-order valence-electron chi connectivity index (χ0n) is 18.3. The summed E-state index contributed by atoms with van der Waals surface area (Å²) in [6.45, 7) is 7.97. The third kappa shape index (κ3) is 8.12. The van der Waals surface area contributed by atoms with Crippen LogP contribution in [0.1, 0.15) is 38.7 Å². The number of aryl methyl sites for hydroxylation is 1. The minimum Gasteiger partial charge on any atom is -0.491 e. The molecule has 9 heteroatoms. The van der Waals surface area contributed by atoms with E-state index in [-0.39, 0.29) is 24.9 Å². The van der Waals surface area contributed by atoms with Gasteiger partial charge in [0.15, 0.2) is 5.96 Å². The van der Waals surface area contributed by atoms with Crippen molar-refractivity contribution in [3.63, 3.8) is 0 Å². The highest BCUT2D eigenvalue weighted by molar-refractivity contribution is 7.89. The lowest BCUT2D eigenvalue weighted by atomic mass is 10.1. The second kappa shape index (κ2) is 12.1. The molecule has 0 aliphatic carbocycles. The number of piperidine rings is 1. The van der Waals surface area contributed by atoms with E-state index in [2.05, 4.69) is 15.6 Å². The molecule has 1 fully saturated rings. The summed E-state index contributed by atoms with van der Waals surface area (Å²) in [6.07, 6.45) is 1.37. The third-order valence-electron chi connectivity index (χ3n) is 4.89. The Balaban J connectivity index is 1.81. The lowest BCUT2D eigenvalue weighted by Crippen LogP contribution is -2.50. The van der Waals surface area contributed by atoms with Crippen LogP contribution in [-0.2, 0) is 10.0 Å². The molecule has 1 aliphatic rings. The zero-order valence-corrected chi connectivity index (χ0v) is 19.1. The van der Waals surface area contributed by atoms with Crippen molar-refractivity contribution >= 4 is 16.0 Å². The van der Waals surface area contributed by atoms with Crippen LogP contribution in [0.3, 0.4) is 0 Å². The van der Waals surface area contributed by atoms with Gasteiger partial charge in [0.05, 0.1) is 12.3 Å². The highest BCUT2D eigenvalue weighted by Crippen LogP contribution is 2.15. The van der Waals surface area contributed by atoms with Gasteiger partial charge in [-0.3, -0.25) is 4.99 Å². The third-order valence-corrected chi connectivity index (χ3v) is 6.96. The molecule has 3 N–H and O–H groups in total. The molecule has 1 atom stereocenters. The molecule has 0 amide bonds. The van der Waals surface area contributed by atoms with Crippen LogP contribution in [0.15, 0.2) is 29.3 Å². The van der Waals surface area contributed by atoms with Crippen LogP contribution in [0.25, 0.3) is 0 Å². The van der Waals surface area contributed by atoms with Crippen molar-refractivity contribution in [3.8, 4) is 5.75 Å². The first-order valence-electron chi connectivity index (χ1n) is 10.7. The van der Waals surface area contributed by atoms with Gasteiger partial charge in [-0.05, 0) is 50.8 Å². The van der Waals surface area contributed by atoms with Crippen LogP contribution >= 0.6 is 0 Å². The second-order valence-corrected chi connectivity index (χ2v) is 9.72. The minimum atomic E-state index is -3.14. The summed E-state index contributed by atoms with van der Waals surface area (Å²) in [7, 11) is -3.14. The van der Waals surface area contributed by atoms with Crippen LogP contribution in [0, 0.1) is 6.92 Å². The van der Waals surface area contributed by atoms with Crippen LogP contribution < -0.4 is 15.4 Å². The van der Waals surface area contributed by atoms with E-state index in [4.69, 9.17) is 4.74 Å². The van der Waals surface area contributed by atoms with Gasteiger partial charge in [-0.1, -0.05) is 19.1 Å². The molecule has 1 aliphatic heterocycles. The Hall–Kier alpha value is -1.84. The fraction of sp³-hybridized carbons (Fsp3) is 0.667. The van der Waals surface area contributed by atoms with Gasteiger partial charge >= 0.3 is 0 Å². The van der Waals surface area contributed by atoms with Crippen LogP contribution in [0.2, 0.25) is 0 Å². The molecule has 1 saturated heterocycles. The number of benzene rings is 1. The van der Waals surface area contributed by atoms with Gasteiger partial charge in [0, 0.05) is 25.7 Å². The summed E-state index contributed by atoms with van der Waals surface area (Å²) in [5.74, 6) is 1.56. The van der Waals surface area contributed by atoms with Crippen molar-refractivity contribution in [2.45, 2.75) is 52.2 Å². The number of rotatable bonds is 10. The highest BCUT2D eigenvalue weighted by Gasteiger charge is 2.27. The quantitative estimate of drug-likeness (QED) is 0.376. The summed E-state index contributed by atoms with van der Waals surface area (Å²) >= 11 is 0. The van der Waals surface area contributed by atoms with E-state index in [0.717, 1.165) is 24.2 Å². The molecule has 1 unspecified atom stereocenters. The van der Waals surface area contributed by atoms with Gasteiger partial charge in [-0.25, -0.2) is 12.7 Å². The predicted molar refractivity (Wildman–Crippen MR) is 120 cm³/mol. The van der Waals surface area contributed by atoms with E-state index in [0.29, 0.717) is 32.0 Å². The molecule has 2 rings (SSSR count). The Morgan fingerprint density at radius 1 is 1.33 bits per heavy atom. The number of aliphatic imine (C=N–C) groups is 1. The van der Waals surface area contributed by atoms with Crippen LogP contribution in [-0.4, -0.2) is 74.5 Å². The first-order valence-corrected chi connectivity index (χ1v) is 12.3. The number of ether oxygens (including phenoxy) is 1. The van der Waals surface area contributed by atoms with Crippen molar-refractivity contribution in [3.05, 3.63) is 29.8 Å². The minimum absolute atomic E-state index is 0.150. The number of guanidine groups is 1. The first-order chi connectivity index (χ1) is 14.3. The molecule has 1 heterocycles. The summed E-state index contributed by atoms with van der Waals surface area (Å²) in [5.41, 5.74) is 1.10. The van der Waals surface area contributed by atoms with Crippen molar-refractivity contribution in [1.82, 2.24) is 14.9 Å². The maximum Gasteiger partial charge on any atom is 0.214 e.